The van der Waals surface area contributed by atoms with Gasteiger partial charge < -0.3 is 5.32 Å². The molecular formula is C12H15NO. The number of hydrogen-bond acceptors (Lipinski definition) is 1. The van der Waals surface area contributed by atoms with Gasteiger partial charge in [0.2, 0.25) is 5.91 Å². The maximum Gasteiger partial charge on any atom is 0.224 e. The Balaban J connectivity index is 2.37. The van der Waals surface area contributed by atoms with Gasteiger partial charge in [0.25, 0.3) is 0 Å². The molecule has 1 heterocycles. The SMILES string of the molecule is CC1(C)C=CC=C2CCC(=O)NC2=C1. The Morgan fingerprint density at radius 1 is 1.36 bits per heavy atom. The fraction of sp³-hybridized carbons (Fsp3) is 0.417. The summed E-state index contributed by atoms with van der Waals surface area (Å²) in [7, 11) is 0. The molecule has 2 nitrogen and oxygen atoms in total. The highest BCUT2D eigenvalue weighted by Gasteiger charge is 2.21. The predicted octanol–water partition coefficient (Wildman–Crippen LogP) is 2.30. The van der Waals surface area contributed by atoms with Crippen LogP contribution in [0, 0.1) is 5.41 Å². The lowest BCUT2D eigenvalue weighted by Crippen LogP contribution is -2.29. The summed E-state index contributed by atoms with van der Waals surface area (Å²) < 4.78 is 0. The van der Waals surface area contributed by atoms with Crippen molar-refractivity contribution in [2.45, 2.75) is 26.7 Å². The molecule has 0 unspecified atom stereocenters. The largest absolute Gasteiger partial charge is 0.326 e. The Labute approximate surface area is 84.4 Å². The van der Waals surface area contributed by atoms with Crippen LogP contribution in [0.5, 0.6) is 0 Å². The third-order valence-electron chi connectivity index (χ3n) is 2.58. The van der Waals surface area contributed by atoms with Gasteiger partial charge in [0.1, 0.15) is 0 Å². The molecule has 0 atom stereocenters. The highest BCUT2D eigenvalue weighted by Crippen LogP contribution is 2.29. The molecule has 0 radical (unpaired) electrons. The first-order valence-electron chi connectivity index (χ1n) is 4.98. The van der Waals surface area contributed by atoms with Gasteiger partial charge in [-0.3, -0.25) is 4.79 Å². The van der Waals surface area contributed by atoms with E-state index in [0.29, 0.717) is 6.42 Å². The number of allylic oxidation sites excluding steroid dienone is 5. The van der Waals surface area contributed by atoms with Crippen molar-refractivity contribution in [3.8, 4) is 0 Å². The molecule has 1 N–H and O–H groups in total. The van der Waals surface area contributed by atoms with Crippen molar-refractivity contribution in [3.63, 3.8) is 0 Å². The highest BCUT2D eigenvalue weighted by atomic mass is 16.1. The van der Waals surface area contributed by atoms with Crippen LogP contribution in [0.3, 0.4) is 0 Å². The van der Waals surface area contributed by atoms with Crippen LogP contribution in [0.2, 0.25) is 0 Å². The zero-order chi connectivity index (χ0) is 10.2. The number of piperidine rings is 1. The van der Waals surface area contributed by atoms with E-state index >= 15 is 0 Å². The molecule has 2 heteroatoms. The summed E-state index contributed by atoms with van der Waals surface area (Å²) in [6, 6.07) is 0. The third-order valence-corrected chi connectivity index (χ3v) is 2.58. The second-order valence-electron chi connectivity index (χ2n) is 4.48. The second kappa shape index (κ2) is 3.12. The van der Waals surface area contributed by atoms with Crippen molar-refractivity contribution in [2.24, 2.45) is 5.41 Å². The molecule has 74 valence electrons. The Morgan fingerprint density at radius 3 is 2.93 bits per heavy atom. The number of amides is 1. The van der Waals surface area contributed by atoms with E-state index in [9.17, 15) is 4.79 Å². The molecule has 1 aliphatic carbocycles. The van der Waals surface area contributed by atoms with Crippen LogP contribution in [0.4, 0.5) is 0 Å². The Bertz CT molecular complexity index is 359. The molecule has 1 fully saturated rings. The van der Waals surface area contributed by atoms with Gasteiger partial charge in [-0.2, -0.15) is 0 Å². The molecule has 2 rings (SSSR count). The minimum absolute atomic E-state index is 0.0260. The molecule has 0 aromatic carbocycles. The van der Waals surface area contributed by atoms with Crippen LogP contribution in [0.1, 0.15) is 26.7 Å². The molecule has 0 aromatic rings. The number of rotatable bonds is 0. The van der Waals surface area contributed by atoms with Crippen molar-refractivity contribution >= 4 is 5.91 Å². The normalized spacial score (nSPS) is 24.3. The average molecular weight is 189 g/mol. The molecule has 0 aromatic heterocycles. The Morgan fingerprint density at radius 2 is 2.14 bits per heavy atom. The number of fused-ring (bicyclic) bond motifs is 1. The van der Waals surface area contributed by atoms with Gasteiger partial charge >= 0.3 is 0 Å². The minimum atomic E-state index is 0.0260. The summed E-state index contributed by atoms with van der Waals surface area (Å²) in [4.78, 5) is 11.2. The molecule has 1 amide bonds. The van der Waals surface area contributed by atoms with Crippen LogP contribution in [0.15, 0.2) is 35.6 Å². The summed E-state index contributed by atoms with van der Waals surface area (Å²) in [5, 5.41) is 2.93. The molecule has 2 aliphatic rings. The topological polar surface area (TPSA) is 29.1 Å². The van der Waals surface area contributed by atoms with Crippen molar-refractivity contribution in [3.05, 3.63) is 35.6 Å². The van der Waals surface area contributed by atoms with Gasteiger partial charge in [-0.05, 0) is 12.0 Å². The highest BCUT2D eigenvalue weighted by molar-refractivity contribution is 5.81. The van der Waals surface area contributed by atoms with E-state index in [1.165, 1.54) is 5.57 Å². The molecule has 14 heavy (non-hydrogen) atoms. The van der Waals surface area contributed by atoms with Crippen molar-refractivity contribution < 1.29 is 4.79 Å². The van der Waals surface area contributed by atoms with Gasteiger partial charge in [-0.1, -0.05) is 38.2 Å². The standard InChI is InChI=1S/C12H15NO/c1-12(2)7-3-4-9-5-6-11(14)13-10(9)8-12/h3-4,7-8H,5-6H2,1-2H3,(H,13,14). The summed E-state index contributed by atoms with van der Waals surface area (Å²) in [5.74, 6) is 0.131. The zero-order valence-corrected chi connectivity index (χ0v) is 8.63. The van der Waals surface area contributed by atoms with Crippen LogP contribution in [-0.2, 0) is 4.79 Å². The van der Waals surface area contributed by atoms with E-state index in [1.54, 1.807) is 0 Å². The summed E-state index contributed by atoms with van der Waals surface area (Å²) in [6.45, 7) is 4.27. The van der Waals surface area contributed by atoms with Crippen molar-refractivity contribution in [2.75, 3.05) is 0 Å². The number of hydrogen-bond donors (Lipinski definition) is 1. The summed E-state index contributed by atoms with van der Waals surface area (Å²) in [5.41, 5.74) is 2.26. The van der Waals surface area contributed by atoms with Crippen LogP contribution in [0.25, 0.3) is 0 Å². The van der Waals surface area contributed by atoms with Gasteiger partial charge in [0, 0.05) is 17.5 Å². The Hall–Kier alpha value is -1.31. The fourth-order valence-corrected chi connectivity index (χ4v) is 1.81. The first kappa shape index (κ1) is 9.25. The van der Waals surface area contributed by atoms with Gasteiger partial charge in [0.15, 0.2) is 0 Å². The maximum atomic E-state index is 11.2. The monoisotopic (exact) mass is 189 g/mol. The lowest BCUT2D eigenvalue weighted by Gasteiger charge is -2.21. The van der Waals surface area contributed by atoms with Crippen molar-refractivity contribution in [1.29, 1.82) is 0 Å². The van der Waals surface area contributed by atoms with Crippen LogP contribution in [-0.4, -0.2) is 5.91 Å². The average Bonchev–Trinajstić information content (AvgIpc) is 2.21. The molecule has 1 aliphatic heterocycles. The van der Waals surface area contributed by atoms with Gasteiger partial charge in [-0.15, -0.1) is 0 Å². The summed E-state index contributed by atoms with van der Waals surface area (Å²) in [6.07, 6.45) is 9.92. The quantitative estimate of drug-likeness (QED) is 0.622. The van der Waals surface area contributed by atoms with Gasteiger partial charge in [-0.25, -0.2) is 0 Å². The second-order valence-corrected chi connectivity index (χ2v) is 4.48. The van der Waals surface area contributed by atoms with Crippen molar-refractivity contribution in [1.82, 2.24) is 5.32 Å². The lowest BCUT2D eigenvalue weighted by atomic mass is 9.91. The van der Waals surface area contributed by atoms with Crippen LogP contribution < -0.4 is 5.32 Å². The van der Waals surface area contributed by atoms with E-state index in [2.05, 4.69) is 43.5 Å². The molecule has 0 bridgehead atoms. The first-order chi connectivity index (χ1) is 6.57. The number of carbonyl (C=O) groups is 1. The maximum absolute atomic E-state index is 11.2. The number of nitrogens with one attached hydrogen (secondary N) is 1. The number of carbonyl (C=O) groups excluding carboxylic acids is 1. The molecule has 1 saturated heterocycles. The van der Waals surface area contributed by atoms with E-state index in [-0.39, 0.29) is 11.3 Å². The van der Waals surface area contributed by atoms with Gasteiger partial charge in [0.05, 0.1) is 0 Å². The van der Waals surface area contributed by atoms with Crippen LogP contribution >= 0.6 is 0 Å². The predicted molar refractivity (Wildman–Crippen MR) is 56.5 cm³/mol. The smallest absolute Gasteiger partial charge is 0.224 e. The molecule has 0 spiro atoms. The zero-order valence-electron chi connectivity index (χ0n) is 8.63. The minimum Gasteiger partial charge on any atom is -0.326 e. The first-order valence-corrected chi connectivity index (χ1v) is 4.98. The van der Waals surface area contributed by atoms with E-state index in [4.69, 9.17) is 0 Å². The van der Waals surface area contributed by atoms with E-state index in [1.807, 2.05) is 0 Å². The third kappa shape index (κ3) is 1.79. The Kier molecular flexibility index (Phi) is 2.06. The summed E-state index contributed by atoms with van der Waals surface area (Å²) >= 11 is 0. The lowest BCUT2D eigenvalue weighted by molar-refractivity contribution is -0.120. The van der Waals surface area contributed by atoms with E-state index in [0.717, 1.165) is 12.1 Å². The fourth-order valence-electron chi connectivity index (χ4n) is 1.81. The molecular weight excluding hydrogens is 174 g/mol. The van der Waals surface area contributed by atoms with E-state index < -0.39 is 0 Å². The molecule has 0 saturated carbocycles.